The number of nitrogens with zero attached hydrogens (tertiary/aromatic N) is 2. The monoisotopic (exact) mass is 356 g/mol. The van der Waals surface area contributed by atoms with E-state index in [1.807, 2.05) is 36.9 Å². The minimum absolute atomic E-state index is 0.00184. The Hall–Kier alpha value is -2.56. The third-order valence-corrected chi connectivity index (χ3v) is 4.92. The smallest absolute Gasteiger partial charge is 0.263 e. The number of hydrogen-bond acceptors (Lipinski definition) is 3. The number of piperazine rings is 1. The fourth-order valence-corrected chi connectivity index (χ4v) is 3.14. The molecule has 0 N–H and O–H groups in total. The van der Waals surface area contributed by atoms with Crippen LogP contribution >= 0.6 is 0 Å². The van der Waals surface area contributed by atoms with Crippen molar-refractivity contribution < 1.29 is 13.9 Å². The summed E-state index contributed by atoms with van der Waals surface area (Å²) in [5, 5.41) is 0. The Kier molecular flexibility index (Phi) is 5.45. The van der Waals surface area contributed by atoms with Gasteiger partial charge < -0.3 is 14.5 Å². The molecule has 138 valence electrons. The number of hydrogen-bond donors (Lipinski definition) is 0. The summed E-state index contributed by atoms with van der Waals surface area (Å²) in [4.78, 5) is 16.7. The molecule has 1 aliphatic heterocycles. The molecule has 1 amide bonds. The topological polar surface area (TPSA) is 32.8 Å². The summed E-state index contributed by atoms with van der Waals surface area (Å²) in [5.74, 6) is 0.487. The lowest BCUT2D eigenvalue weighted by Gasteiger charge is -2.37. The summed E-state index contributed by atoms with van der Waals surface area (Å²) in [7, 11) is 0. The Balaban J connectivity index is 1.55. The van der Waals surface area contributed by atoms with E-state index in [0.29, 0.717) is 13.1 Å². The maximum Gasteiger partial charge on any atom is 0.263 e. The summed E-state index contributed by atoms with van der Waals surface area (Å²) in [6.07, 6.45) is -0.519. The van der Waals surface area contributed by atoms with Crippen LogP contribution in [0.5, 0.6) is 5.75 Å². The first-order valence-electron chi connectivity index (χ1n) is 8.97. The minimum Gasteiger partial charge on any atom is -0.481 e. The molecule has 3 rings (SSSR count). The van der Waals surface area contributed by atoms with Crippen molar-refractivity contribution in [2.45, 2.75) is 26.9 Å². The molecule has 26 heavy (non-hydrogen) atoms. The van der Waals surface area contributed by atoms with E-state index in [1.54, 1.807) is 19.1 Å². The van der Waals surface area contributed by atoms with Crippen LogP contribution in [0.25, 0.3) is 0 Å². The van der Waals surface area contributed by atoms with Crippen LogP contribution in [0.15, 0.2) is 42.5 Å². The minimum atomic E-state index is -0.519. The molecule has 1 aliphatic rings. The van der Waals surface area contributed by atoms with Gasteiger partial charge in [0.05, 0.1) is 0 Å². The number of anilines is 1. The van der Waals surface area contributed by atoms with Crippen LogP contribution in [0.1, 0.15) is 18.1 Å². The van der Waals surface area contributed by atoms with Crippen molar-refractivity contribution in [3.63, 3.8) is 0 Å². The SMILES string of the molecule is Cc1ccc(O[C@H](C)C(=O)N2CCN(c3ccc(F)cc3)CC2)cc1C. The first-order valence-corrected chi connectivity index (χ1v) is 8.97. The van der Waals surface area contributed by atoms with E-state index in [0.717, 1.165) is 30.1 Å². The second-order valence-corrected chi connectivity index (χ2v) is 6.79. The molecule has 1 atom stereocenters. The Morgan fingerprint density at radius 1 is 1.00 bits per heavy atom. The molecule has 0 aliphatic carbocycles. The molecular weight excluding hydrogens is 331 g/mol. The van der Waals surface area contributed by atoms with Crippen molar-refractivity contribution >= 4 is 11.6 Å². The Morgan fingerprint density at radius 3 is 2.27 bits per heavy atom. The summed E-state index contributed by atoms with van der Waals surface area (Å²) < 4.78 is 18.9. The standard InChI is InChI=1S/C21H25FN2O2/c1-15-4-9-20(14-16(15)2)26-17(3)21(25)24-12-10-23(11-13-24)19-7-5-18(22)6-8-19/h4-9,14,17H,10-13H2,1-3H3/t17-/m1/s1. The highest BCUT2D eigenvalue weighted by molar-refractivity contribution is 5.81. The van der Waals surface area contributed by atoms with Crippen molar-refractivity contribution in [1.29, 1.82) is 0 Å². The van der Waals surface area contributed by atoms with E-state index in [9.17, 15) is 9.18 Å². The highest BCUT2D eigenvalue weighted by Crippen LogP contribution is 2.20. The number of aryl methyl sites for hydroxylation is 2. The second-order valence-electron chi connectivity index (χ2n) is 6.79. The molecule has 0 bridgehead atoms. The van der Waals surface area contributed by atoms with E-state index in [-0.39, 0.29) is 11.7 Å². The zero-order valence-corrected chi connectivity index (χ0v) is 15.5. The maximum atomic E-state index is 13.1. The summed E-state index contributed by atoms with van der Waals surface area (Å²) >= 11 is 0. The number of benzene rings is 2. The molecule has 1 heterocycles. The van der Waals surface area contributed by atoms with Gasteiger partial charge in [0.1, 0.15) is 11.6 Å². The number of amides is 1. The molecule has 0 aromatic heterocycles. The highest BCUT2D eigenvalue weighted by atomic mass is 19.1. The molecule has 0 radical (unpaired) electrons. The van der Waals surface area contributed by atoms with Gasteiger partial charge in [0.25, 0.3) is 5.91 Å². The van der Waals surface area contributed by atoms with Crippen molar-refractivity contribution in [2.24, 2.45) is 0 Å². The van der Waals surface area contributed by atoms with Gasteiger partial charge in [-0.1, -0.05) is 6.07 Å². The van der Waals surface area contributed by atoms with E-state index >= 15 is 0 Å². The molecule has 1 saturated heterocycles. The van der Waals surface area contributed by atoms with Gasteiger partial charge in [-0.2, -0.15) is 0 Å². The van der Waals surface area contributed by atoms with Crippen LogP contribution in [0.3, 0.4) is 0 Å². The lowest BCUT2D eigenvalue weighted by Crippen LogP contribution is -2.52. The van der Waals surface area contributed by atoms with Crippen molar-refractivity contribution in [1.82, 2.24) is 4.90 Å². The van der Waals surface area contributed by atoms with Crippen molar-refractivity contribution in [2.75, 3.05) is 31.1 Å². The first kappa shape index (κ1) is 18.2. The molecule has 2 aromatic carbocycles. The van der Waals surface area contributed by atoms with Crippen molar-refractivity contribution in [3.8, 4) is 5.75 Å². The van der Waals surface area contributed by atoms with Gasteiger partial charge >= 0.3 is 0 Å². The number of halogens is 1. The Bertz CT molecular complexity index is 768. The van der Waals surface area contributed by atoms with E-state index < -0.39 is 6.10 Å². The molecule has 4 nitrogen and oxygen atoms in total. The van der Waals surface area contributed by atoms with Crippen LogP contribution in [0.2, 0.25) is 0 Å². The van der Waals surface area contributed by atoms with Crippen LogP contribution in [-0.2, 0) is 4.79 Å². The summed E-state index contributed by atoms with van der Waals surface area (Å²) in [6, 6.07) is 12.3. The summed E-state index contributed by atoms with van der Waals surface area (Å²) in [5.41, 5.74) is 3.33. The molecule has 1 fully saturated rings. The number of carbonyl (C=O) groups excluding carboxylic acids is 1. The predicted octanol–water partition coefficient (Wildman–Crippen LogP) is 3.56. The van der Waals surface area contributed by atoms with E-state index in [1.165, 1.54) is 17.7 Å². The normalized spacial score (nSPS) is 15.7. The van der Waals surface area contributed by atoms with E-state index in [4.69, 9.17) is 4.74 Å². The van der Waals surface area contributed by atoms with Crippen LogP contribution < -0.4 is 9.64 Å². The fraction of sp³-hybridized carbons (Fsp3) is 0.381. The van der Waals surface area contributed by atoms with Crippen LogP contribution in [0, 0.1) is 19.7 Å². The number of rotatable bonds is 4. The van der Waals surface area contributed by atoms with Gasteiger partial charge in [0.15, 0.2) is 6.10 Å². The van der Waals surface area contributed by atoms with Crippen LogP contribution in [0.4, 0.5) is 10.1 Å². The average Bonchev–Trinajstić information content (AvgIpc) is 2.65. The number of ether oxygens (including phenoxy) is 1. The molecule has 5 heteroatoms. The Labute approximate surface area is 154 Å². The zero-order valence-electron chi connectivity index (χ0n) is 15.5. The highest BCUT2D eigenvalue weighted by Gasteiger charge is 2.26. The van der Waals surface area contributed by atoms with Crippen LogP contribution in [-0.4, -0.2) is 43.1 Å². The average molecular weight is 356 g/mol. The van der Waals surface area contributed by atoms with Gasteiger partial charge in [0.2, 0.25) is 0 Å². The second kappa shape index (κ2) is 7.77. The van der Waals surface area contributed by atoms with Gasteiger partial charge in [-0.3, -0.25) is 4.79 Å². The molecule has 0 spiro atoms. The van der Waals surface area contributed by atoms with Gasteiger partial charge in [-0.15, -0.1) is 0 Å². The first-order chi connectivity index (χ1) is 12.4. The number of carbonyl (C=O) groups is 1. The van der Waals surface area contributed by atoms with E-state index in [2.05, 4.69) is 4.90 Å². The molecule has 0 saturated carbocycles. The molecular formula is C21H25FN2O2. The fourth-order valence-electron chi connectivity index (χ4n) is 3.14. The molecule has 0 unspecified atom stereocenters. The van der Waals surface area contributed by atoms with Gasteiger partial charge in [-0.05, 0) is 68.3 Å². The largest absolute Gasteiger partial charge is 0.481 e. The third kappa shape index (κ3) is 4.15. The Morgan fingerprint density at radius 2 is 1.65 bits per heavy atom. The lowest BCUT2D eigenvalue weighted by molar-refractivity contribution is -0.138. The van der Waals surface area contributed by atoms with Gasteiger partial charge in [0, 0.05) is 31.9 Å². The third-order valence-electron chi connectivity index (χ3n) is 4.92. The zero-order chi connectivity index (χ0) is 18.7. The van der Waals surface area contributed by atoms with Crippen molar-refractivity contribution in [3.05, 3.63) is 59.4 Å². The molecule has 2 aromatic rings. The predicted molar refractivity (Wildman–Crippen MR) is 101 cm³/mol. The maximum absolute atomic E-state index is 13.1. The van der Waals surface area contributed by atoms with Gasteiger partial charge in [-0.25, -0.2) is 4.39 Å². The quantitative estimate of drug-likeness (QED) is 0.840. The summed E-state index contributed by atoms with van der Waals surface area (Å²) in [6.45, 7) is 8.61. The lowest BCUT2D eigenvalue weighted by atomic mass is 10.1.